The standard InChI is InChI=1S/C18H23F3N4O2/c19-18(20,21)13-5-6-15(23-10-13)17(27)25-8-2-3-12(11-25)9-24-16(26)14-4-1-7-22-14/h5-6,10,12,14,22H,1-4,7-9,11H2,(H,24,26). The quantitative estimate of drug-likeness (QED) is 0.831. The third-order valence-electron chi connectivity index (χ3n) is 5.06. The number of hydrogen-bond acceptors (Lipinski definition) is 4. The van der Waals surface area contributed by atoms with Gasteiger partial charge in [0, 0.05) is 25.8 Å². The molecule has 3 rings (SSSR count). The number of halogens is 3. The fourth-order valence-corrected chi connectivity index (χ4v) is 3.54. The third-order valence-corrected chi connectivity index (χ3v) is 5.06. The minimum Gasteiger partial charge on any atom is -0.354 e. The number of carbonyl (C=O) groups is 2. The van der Waals surface area contributed by atoms with E-state index >= 15 is 0 Å². The van der Waals surface area contributed by atoms with Crippen LogP contribution in [0.4, 0.5) is 13.2 Å². The largest absolute Gasteiger partial charge is 0.417 e. The van der Waals surface area contributed by atoms with E-state index < -0.39 is 11.7 Å². The van der Waals surface area contributed by atoms with Crippen LogP contribution in [0.5, 0.6) is 0 Å². The fraction of sp³-hybridized carbons (Fsp3) is 0.611. The summed E-state index contributed by atoms with van der Waals surface area (Å²) in [6.07, 6.45) is -0.289. The van der Waals surface area contributed by atoms with E-state index in [0.29, 0.717) is 25.8 Å². The molecule has 0 radical (unpaired) electrons. The van der Waals surface area contributed by atoms with E-state index in [4.69, 9.17) is 0 Å². The number of piperidine rings is 1. The molecule has 27 heavy (non-hydrogen) atoms. The number of carbonyl (C=O) groups excluding carboxylic acids is 2. The highest BCUT2D eigenvalue weighted by Gasteiger charge is 2.32. The van der Waals surface area contributed by atoms with Gasteiger partial charge in [0.05, 0.1) is 11.6 Å². The van der Waals surface area contributed by atoms with E-state index in [2.05, 4.69) is 15.6 Å². The van der Waals surface area contributed by atoms with Gasteiger partial charge in [0.25, 0.3) is 5.91 Å². The molecule has 2 aliphatic rings. The highest BCUT2D eigenvalue weighted by Crippen LogP contribution is 2.28. The average Bonchev–Trinajstić information content (AvgIpc) is 3.20. The van der Waals surface area contributed by atoms with E-state index in [1.165, 1.54) is 0 Å². The molecular weight excluding hydrogens is 361 g/mol. The summed E-state index contributed by atoms with van der Waals surface area (Å²) in [5.41, 5.74) is -0.873. The lowest BCUT2D eigenvalue weighted by Crippen LogP contribution is -2.46. The van der Waals surface area contributed by atoms with E-state index in [0.717, 1.165) is 44.4 Å². The molecule has 0 bridgehead atoms. The van der Waals surface area contributed by atoms with Crippen molar-refractivity contribution in [2.45, 2.75) is 37.9 Å². The first kappa shape index (κ1) is 19.6. The first-order valence-corrected chi connectivity index (χ1v) is 9.18. The molecule has 2 saturated heterocycles. The summed E-state index contributed by atoms with van der Waals surface area (Å²) in [5, 5.41) is 6.08. The second-order valence-corrected chi connectivity index (χ2v) is 7.08. The van der Waals surface area contributed by atoms with Crippen molar-refractivity contribution in [1.29, 1.82) is 0 Å². The van der Waals surface area contributed by atoms with Gasteiger partial charge in [-0.05, 0) is 50.3 Å². The van der Waals surface area contributed by atoms with Crippen molar-refractivity contribution >= 4 is 11.8 Å². The SMILES string of the molecule is O=C(NCC1CCCN(C(=O)c2ccc(C(F)(F)F)cn2)C1)C1CCCN1. The van der Waals surface area contributed by atoms with Crippen LogP contribution in [0.1, 0.15) is 41.7 Å². The fourth-order valence-electron chi connectivity index (χ4n) is 3.54. The summed E-state index contributed by atoms with van der Waals surface area (Å²) < 4.78 is 37.8. The molecule has 0 aliphatic carbocycles. The molecule has 0 saturated carbocycles. The van der Waals surface area contributed by atoms with Crippen molar-refractivity contribution in [1.82, 2.24) is 20.5 Å². The van der Waals surface area contributed by atoms with Crippen molar-refractivity contribution in [2.24, 2.45) is 5.92 Å². The highest BCUT2D eigenvalue weighted by molar-refractivity contribution is 5.92. The molecule has 2 amide bonds. The Labute approximate surface area is 155 Å². The van der Waals surface area contributed by atoms with Crippen molar-refractivity contribution in [3.63, 3.8) is 0 Å². The summed E-state index contributed by atoms with van der Waals surface area (Å²) >= 11 is 0. The van der Waals surface area contributed by atoms with Gasteiger partial charge in [0.2, 0.25) is 5.91 Å². The Hall–Kier alpha value is -2.16. The predicted molar refractivity (Wildman–Crippen MR) is 91.9 cm³/mol. The van der Waals surface area contributed by atoms with Gasteiger partial charge in [-0.1, -0.05) is 0 Å². The molecule has 148 valence electrons. The summed E-state index contributed by atoms with van der Waals surface area (Å²) in [4.78, 5) is 29.9. The summed E-state index contributed by atoms with van der Waals surface area (Å²) in [6.45, 7) is 2.33. The van der Waals surface area contributed by atoms with Gasteiger partial charge in [-0.25, -0.2) is 0 Å². The molecule has 6 nitrogen and oxygen atoms in total. The van der Waals surface area contributed by atoms with Crippen LogP contribution in [0.3, 0.4) is 0 Å². The Kier molecular flexibility index (Phi) is 5.98. The first-order valence-electron chi connectivity index (χ1n) is 9.18. The zero-order chi connectivity index (χ0) is 19.4. The number of rotatable bonds is 4. The second kappa shape index (κ2) is 8.24. The van der Waals surface area contributed by atoms with Crippen molar-refractivity contribution in [2.75, 3.05) is 26.2 Å². The molecule has 9 heteroatoms. The van der Waals surface area contributed by atoms with Crippen molar-refractivity contribution in [3.8, 4) is 0 Å². The van der Waals surface area contributed by atoms with Gasteiger partial charge in [-0.2, -0.15) is 13.2 Å². The van der Waals surface area contributed by atoms with E-state index in [9.17, 15) is 22.8 Å². The van der Waals surface area contributed by atoms with Gasteiger partial charge in [-0.15, -0.1) is 0 Å². The lowest BCUT2D eigenvalue weighted by molar-refractivity contribution is -0.137. The van der Waals surface area contributed by atoms with Gasteiger partial charge in [0.15, 0.2) is 0 Å². The van der Waals surface area contributed by atoms with Crippen LogP contribution in [0.2, 0.25) is 0 Å². The number of amides is 2. The Morgan fingerprint density at radius 1 is 1.26 bits per heavy atom. The van der Waals surface area contributed by atoms with Gasteiger partial charge < -0.3 is 15.5 Å². The predicted octanol–water partition coefficient (Wildman–Crippen LogP) is 1.82. The van der Waals surface area contributed by atoms with Crippen LogP contribution >= 0.6 is 0 Å². The molecule has 2 unspecified atom stereocenters. The van der Waals surface area contributed by atoms with Crippen LogP contribution in [-0.2, 0) is 11.0 Å². The van der Waals surface area contributed by atoms with E-state index in [-0.39, 0.29) is 29.5 Å². The highest BCUT2D eigenvalue weighted by atomic mass is 19.4. The third kappa shape index (κ3) is 4.97. The Morgan fingerprint density at radius 3 is 2.70 bits per heavy atom. The Morgan fingerprint density at radius 2 is 2.07 bits per heavy atom. The van der Waals surface area contributed by atoms with Gasteiger partial charge in [-0.3, -0.25) is 14.6 Å². The van der Waals surface area contributed by atoms with Crippen molar-refractivity contribution < 1.29 is 22.8 Å². The first-order chi connectivity index (χ1) is 12.8. The molecule has 2 aliphatic heterocycles. The average molecular weight is 384 g/mol. The molecule has 1 aromatic heterocycles. The molecule has 2 fully saturated rings. The molecular formula is C18H23F3N4O2. The monoisotopic (exact) mass is 384 g/mol. The Balaban J connectivity index is 1.53. The zero-order valence-electron chi connectivity index (χ0n) is 14.9. The van der Waals surface area contributed by atoms with Crippen molar-refractivity contribution in [3.05, 3.63) is 29.6 Å². The molecule has 2 atom stereocenters. The second-order valence-electron chi connectivity index (χ2n) is 7.08. The number of nitrogens with zero attached hydrogens (tertiary/aromatic N) is 2. The minimum atomic E-state index is -4.48. The maximum Gasteiger partial charge on any atom is 0.417 e. The summed E-state index contributed by atoms with van der Waals surface area (Å²) in [6, 6.07) is 1.85. The number of nitrogens with one attached hydrogen (secondary N) is 2. The van der Waals surface area contributed by atoms with Crippen LogP contribution in [0, 0.1) is 5.92 Å². The maximum atomic E-state index is 12.6. The Bertz CT molecular complexity index is 672. The molecule has 1 aromatic rings. The lowest BCUT2D eigenvalue weighted by atomic mass is 9.97. The number of hydrogen-bond donors (Lipinski definition) is 2. The van der Waals surface area contributed by atoms with Gasteiger partial charge >= 0.3 is 6.18 Å². The lowest BCUT2D eigenvalue weighted by Gasteiger charge is -2.33. The number of alkyl halides is 3. The smallest absolute Gasteiger partial charge is 0.354 e. The zero-order valence-corrected chi connectivity index (χ0v) is 14.9. The van der Waals surface area contributed by atoms with Crippen LogP contribution < -0.4 is 10.6 Å². The topological polar surface area (TPSA) is 74.3 Å². The molecule has 0 spiro atoms. The molecule has 2 N–H and O–H groups in total. The molecule has 3 heterocycles. The van der Waals surface area contributed by atoms with Gasteiger partial charge in [0.1, 0.15) is 5.69 Å². The number of aromatic nitrogens is 1. The number of likely N-dealkylation sites (tertiary alicyclic amines) is 1. The van der Waals surface area contributed by atoms with Crippen LogP contribution in [0.15, 0.2) is 18.3 Å². The van der Waals surface area contributed by atoms with Crippen LogP contribution in [0.25, 0.3) is 0 Å². The van der Waals surface area contributed by atoms with Crippen LogP contribution in [-0.4, -0.2) is 53.9 Å². The van der Waals surface area contributed by atoms with E-state index in [1.54, 1.807) is 4.90 Å². The number of pyridine rings is 1. The normalized spacial score (nSPS) is 23.3. The summed E-state index contributed by atoms with van der Waals surface area (Å²) in [7, 11) is 0. The van der Waals surface area contributed by atoms with E-state index in [1.807, 2.05) is 0 Å². The molecule has 0 aromatic carbocycles. The minimum absolute atomic E-state index is 0.00263. The summed E-state index contributed by atoms with van der Waals surface area (Å²) in [5.74, 6) is -0.264. The maximum absolute atomic E-state index is 12.6.